The minimum absolute atomic E-state index is 0.0272. The molecule has 13 heteroatoms. The third-order valence-corrected chi connectivity index (χ3v) is 8.31. The Bertz CT molecular complexity index is 1760. The normalized spacial score (nSPS) is 11.5. The molecule has 1 aromatic heterocycles. The summed E-state index contributed by atoms with van der Waals surface area (Å²) in [5, 5.41) is 12.1. The standard InChI is InChI=1S/C33H28F3N7OS2/c1-3-43(4-2)22-19-20-27(28(21-22)37-29(44)25-17-11-12-18-26(25)33(34,35)36)41-42-30-38-31(45-23-13-7-5-8-14-23)40-32(39-30)46-24-15-9-6-10-16-24/h5-21H,3-4H2,1-2H3,(H,37,44). The third-order valence-electron chi connectivity index (χ3n) is 6.57. The van der Waals surface area contributed by atoms with Crippen LogP contribution in [0.25, 0.3) is 0 Å². The molecule has 1 heterocycles. The average Bonchev–Trinajstić information content (AvgIpc) is 3.05. The number of nitrogens with zero attached hydrogens (tertiary/aromatic N) is 6. The van der Waals surface area contributed by atoms with Crippen LogP contribution >= 0.6 is 23.5 Å². The van der Waals surface area contributed by atoms with Gasteiger partial charge < -0.3 is 10.2 Å². The molecule has 234 valence electrons. The van der Waals surface area contributed by atoms with E-state index in [0.29, 0.717) is 23.4 Å². The van der Waals surface area contributed by atoms with Gasteiger partial charge in [0.2, 0.25) is 0 Å². The van der Waals surface area contributed by atoms with Gasteiger partial charge in [-0.15, -0.1) is 10.2 Å². The van der Waals surface area contributed by atoms with E-state index in [1.807, 2.05) is 79.4 Å². The van der Waals surface area contributed by atoms with Crippen molar-refractivity contribution in [3.63, 3.8) is 0 Å². The Morgan fingerprint density at radius 2 is 1.33 bits per heavy atom. The first-order valence-corrected chi connectivity index (χ1v) is 15.9. The van der Waals surface area contributed by atoms with Gasteiger partial charge in [-0.2, -0.15) is 28.1 Å². The van der Waals surface area contributed by atoms with E-state index in [1.54, 1.807) is 18.2 Å². The number of nitrogens with one attached hydrogen (secondary N) is 1. The monoisotopic (exact) mass is 659 g/mol. The highest BCUT2D eigenvalue weighted by Gasteiger charge is 2.35. The molecule has 0 bridgehead atoms. The Kier molecular flexibility index (Phi) is 10.7. The Balaban J connectivity index is 1.51. The Hall–Kier alpha value is -4.75. The summed E-state index contributed by atoms with van der Waals surface area (Å²) in [6.45, 7) is 5.31. The van der Waals surface area contributed by atoms with Gasteiger partial charge in [-0.3, -0.25) is 4.79 Å². The van der Waals surface area contributed by atoms with E-state index in [1.165, 1.54) is 35.7 Å². The van der Waals surface area contributed by atoms with Crippen molar-refractivity contribution < 1.29 is 18.0 Å². The fourth-order valence-corrected chi connectivity index (χ4v) is 5.95. The molecule has 0 aliphatic carbocycles. The summed E-state index contributed by atoms with van der Waals surface area (Å²) in [5.74, 6) is -0.899. The second-order valence-electron chi connectivity index (χ2n) is 9.60. The van der Waals surface area contributed by atoms with Gasteiger partial charge in [0, 0.05) is 28.6 Å². The third kappa shape index (κ3) is 8.49. The van der Waals surface area contributed by atoms with Crippen molar-refractivity contribution >= 4 is 52.4 Å². The van der Waals surface area contributed by atoms with Gasteiger partial charge >= 0.3 is 6.18 Å². The molecule has 5 rings (SSSR count). The molecular formula is C33H28F3N7OS2. The van der Waals surface area contributed by atoms with Crippen LogP contribution in [0.4, 0.5) is 36.2 Å². The summed E-state index contributed by atoms with van der Waals surface area (Å²) in [4.78, 5) is 30.7. The van der Waals surface area contributed by atoms with Crippen LogP contribution in [0.2, 0.25) is 0 Å². The van der Waals surface area contributed by atoms with Crippen molar-refractivity contribution in [1.29, 1.82) is 0 Å². The number of carbonyl (C=O) groups excluding carboxylic acids is 1. The first kappa shape index (κ1) is 32.6. The molecule has 0 spiro atoms. The van der Waals surface area contributed by atoms with Gasteiger partial charge in [-0.1, -0.05) is 48.5 Å². The molecule has 0 aliphatic rings. The van der Waals surface area contributed by atoms with E-state index in [0.717, 1.165) is 27.6 Å². The number of azo groups is 1. The van der Waals surface area contributed by atoms with Crippen molar-refractivity contribution in [2.24, 2.45) is 10.2 Å². The quantitative estimate of drug-likeness (QED) is 0.141. The molecule has 46 heavy (non-hydrogen) atoms. The first-order valence-electron chi connectivity index (χ1n) is 14.2. The Morgan fingerprint density at radius 1 is 0.761 bits per heavy atom. The number of carbonyl (C=O) groups is 1. The van der Waals surface area contributed by atoms with Crippen molar-refractivity contribution in [3.8, 4) is 0 Å². The molecule has 1 N–H and O–H groups in total. The lowest BCUT2D eigenvalue weighted by Crippen LogP contribution is -2.22. The van der Waals surface area contributed by atoms with Gasteiger partial charge in [0.1, 0.15) is 5.69 Å². The second-order valence-corrected chi connectivity index (χ2v) is 11.7. The zero-order valence-corrected chi connectivity index (χ0v) is 26.4. The van der Waals surface area contributed by atoms with E-state index in [4.69, 9.17) is 0 Å². The lowest BCUT2D eigenvalue weighted by atomic mass is 10.1. The predicted molar refractivity (Wildman–Crippen MR) is 175 cm³/mol. The molecule has 4 aromatic carbocycles. The summed E-state index contributed by atoms with van der Waals surface area (Å²) in [6.07, 6.45) is -4.71. The zero-order chi connectivity index (χ0) is 32.5. The predicted octanol–water partition coefficient (Wildman–Crippen LogP) is 9.71. The summed E-state index contributed by atoms with van der Waals surface area (Å²) in [6, 6.07) is 29.0. The lowest BCUT2D eigenvalue weighted by Gasteiger charge is -2.22. The molecule has 1 amide bonds. The molecule has 0 aliphatic heterocycles. The van der Waals surface area contributed by atoms with Crippen LogP contribution in [-0.4, -0.2) is 33.9 Å². The highest BCUT2D eigenvalue weighted by atomic mass is 32.2. The number of benzene rings is 4. The van der Waals surface area contributed by atoms with Gasteiger partial charge in [0.05, 0.1) is 16.8 Å². The van der Waals surface area contributed by atoms with Gasteiger partial charge in [-0.25, -0.2) is 0 Å². The highest BCUT2D eigenvalue weighted by Crippen LogP contribution is 2.36. The molecular weight excluding hydrogens is 632 g/mol. The van der Waals surface area contributed by atoms with Crippen LogP contribution in [0.3, 0.4) is 0 Å². The van der Waals surface area contributed by atoms with Gasteiger partial charge in [0.15, 0.2) is 10.3 Å². The highest BCUT2D eigenvalue weighted by molar-refractivity contribution is 7.99. The van der Waals surface area contributed by atoms with Gasteiger partial charge in [0.25, 0.3) is 11.9 Å². The first-order chi connectivity index (χ1) is 22.2. The second kappa shape index (κ2) is 15.0. The van der Waals surface area contributed by atoms with Crippen LogP contribution in [0.15, 0.2) is 133 Å². The summed E-state index contributed by atoms with van der Waals surface area (Å²) < 4.78 is 41.1. The molecule has 0 radical (unpaired) electrons. The van der Waals surface area contributed by atoms with Crippen molar-refractivity contribution in [1.82, 2.24) is 15.0 Å². The molecule has 8 nitrogen and oxygen atoms in total. The van der Waals surface area contributed by atoms with E-state index in [2.05, 4.69) is 30.5 Å². The largest absolute Gasteiger partial charge is 0.417 e. The topological polar surface area (TPSA) is 95.7 Å². The number of anilines is 2. The fraction of sp³-hybridized carbons (Fsp3) is 0.152. The number of alkyl halides is 3. The lowest BCUT2D eigenvalue weighted by molar-refractivity contribution is -0.137. The maximum absolute atomic E-state index is 13.7. The summed E-state index contributed by atoms with van der Waals surface area (Å²) in [7, 11) is 0. The van der Waals surface area contributed by atoms with Gasteiger partial charge in [-0.05, 0) is 92.0 Å². The van der Waals surface area contributed by atoms with Crippen molar-refractivity contribution in [2.45, 2.75) is 40.1 Å². The number of halogens is 3. The molecule has 0 saturated heterocycles. The van der Waals surface area contributed by atoms with E-state index in [-0.39, 0.29) is 17.3 Å². The number of amides is 1. The molecule has 0 atom stereocenters. The molecule has 5 aromatic rings. The van der Waals surface area contributed by atoms with Crippen LogP contribution in [0, 0.1) is 0 Å². The van der Waals surface area contributed by atoms with E-state index in [9.17, 15) is 18.0 Å². The van der Waals surface area contributed by atoms with Crippen molar-refractivity contribution in [3.05, 3.63) is 114 Å². The van der Waals surface area contributed by atoms with E-state index >= 15 is 0 Å². The molecule has 0 unspecified atom stereocenters. The maximum atomic E-state index is 13.7. The number of aromatic nitrogens is 3. The molecule has 0 fully saturated rings. The minimum Gasteiger partial charge on any atom is -0.372 e. The number of rotatable bonds is 11. The number of hydrogen-bond acceptors (Lipinski definition) is 9. The molecule has 0 saturated carbocycles. The Morgan fingerprint density at radius 3 is 1.89 bits per heavy atom. The van der Waals surface area contributed by atoms with E-state index < -0.39 is 23.2 Å². The van der Waals surface area contributed by atoms with Crippen LogP contribution in [-0.2, 0) is 6.18 Å². The summed E-state index contributed by atoms with van der Waals surface area (Å²) in [5.41, 5.74) is -0.390. The van der Waals surface area contributed by atoms with Crippen LogP contribution in [0.1, 0.15) is 29.8 Å². The summed E-state index contributed by atoms with van der Waals surface area (Å²) >= 11 is 2.68. The minimum atomic E-state index is -4.71. The maximum Gasteiger partial charge on any atom is 0.417 e. The zero-order valence-electron chi connectivity index (χ0n) is 24.8. The van der Waals surface area contributed by atoms with Crippen molar-refractivity contribution in [2.75, 3.05) is 23.3 Å². The average molecular weight is 660 g/mol. The van der Waals surface area contributed by atoms with Crippen LogP contribution < -0.4 is 10.2 Å². The number of hydrogen-bond donors (Lipinski definition) is 1. The SMILES string of the molecule is CCN(CC)c1ccc(N=Nc2nc(Sc3ccccc3)nc(Sc3ccccc3)n2)c(NC(=O)c2ccccc2C(F)(F)F)c1. The Labute approximate surface area is 272 Å². The fourth-order valence-electron chi connectivity index (χ4n) is 4.37. The smallest absolute Gasteiger partial charge is 0.372 e. The van der Waals surface area contributed by atoms with Crippen LogP contribution in [0.5, 0.6) is 0 Å².